The molecule has 0 saturated carbocycles. The fraction of sp³-hybridized carbons (Fsp3) is 0.217. The Morgan fingerprint density at radius 1 is 0.490 bits per heavy atom. The molecule has 0 bridgehead atoms. The summed E-state index contributed by atoms with van der Waals surface area (Å²) in [5, 5.41) is 0. The lowest BCUT2D eigenvalue weighted by Gasteiger charge is -2.20. The first-order valence-corrected chi connectivity index (χ1v) is 18.9. The highest BCUT2D eigenvalue weighted by Crippen LogP contribution is 2.51. The van der Waals surface area contributed by atoms with Gasteiger partial charge in [0.1, 0.15) is 23.0 Å². The zero-order valence-electron chi connectivity index (χ0n) is 29.3. The van der Waals surface area contributed by atoms with Gasteiger partial charge in [-0.1, -0.05) is 84.9 Å². The number of rotatable bonds is 8. The molecular formula is C46H42O2Si. The third-order valence-corrected chi connectivity index (χ3v) is 12.2. The largest absolute Gasteiger partial charge is 0.461 e. The highest BCUT2D eigenvalue weighted by atomic mass is 28.2. The van der Waals surface area contributed by atoms with Crippen LogP contribution < -0.4 is 0 Å². The van der Waals surface area contributed by atoms with E-state index in [1.807, 2.05) is 0 Å². The van der Waals surface area contributed by atoms with Crippen molar-refractivity contribution in [1.82, 2.24) is 0 Å². The van der Waals surface area contributed by atoms with Crippen LogP contribution in [0.5, 0.6) is 0 Å². The van der Waals surface area contributed by atoms with E-state index >= 15 is 0 Å². The van der Waals surface area contributed by atoms with Crippen molar-refractivity contribution in [3.63, 3.8) is 0 Å². The average Bonchev–Trinajstić information content (AvgIpc) is 3.85. The molecule has 4 aromatic carbocycles. The number of hydrogen-bond acceptors (Lipinski definition) is 2. The van der Waals surface area contributed by atoms with Gasteiger partial charge in [0, 0.05) is 32.5 Å². The summed E-state index contributed by atoms with van der Waals surface area (Å²) in [4.78, 5) is 0. The first kappa shape index (κ1) is 31.4. The van der Waals surface area contributed by atoms with E-state index in [-0.39, 0.29) is 11.8 Å². The van der Waals surface area contributed by atoms with E-state index < -0.39 is 0 Å². The van der Waals surface area contributed by atoms with Gasteiger partial charge in [-0.25, -0.2) is 0 Å². The molecule has 8 rings (SSSR count). The summed E-state index contributed by atoms with van der Waals surface area (Å²) in [6.07, 6.45) is 4.86. The van der Waals surface area contributed by atoms with Gasteiger partial charge in [-0.2, -0.15) is 0 Å². The van der Waals surface area contributed by atoms with Crippen molar-refractivity contribution in [3.8, 4) is 22.3 Å². The normalized spacial score (nSPS) is 16.4. The first-order valence-electron chi connectivity index (χ1n) is 17.4. The van der Waals surface area contributed by atoms with E-state index in [2.05, 4.69) is 151 Å². The summed E-state index contributed by atoms with van der Waals surface area (Å²) in [6.45, 7) is 12.9. The van der Waals surface area contributed by atoms with Gasteiger partial charge in [0.25, 0.3) is 0 Å². The van der Waals surface area contributed by atoms with Gasteiger partial charge in [-0.3, -0.25) is 0 Å². The predicted molar refractivity (Wildman–Crippen MR) is 206 cm³/mol. The molecule has 2 aliphatic rings. The molecule has 0 N–H and O–H groups in total. The van der Waals surface area contributed by atoms with Crippen LogP contribution in [-0.2, 0) is 0 Å². The van der Waals surface area contributed by atoms with Crippen LogP contribution in [0.4, 0.5) is 0 Å². The second kappa shape index (κ2) is 12.5. The predicted octanol–water partition coefficient (Wildman–Crippen LogP) is 12.6. The van der Waals surface area contributed by atoms with E-state index in [4.69, 9.17) is 8.83 Å². The maximum Gasteiger partial charge on any atom is 0.131 e. The summed E-state index contributed by atoms with van der Waals surface area (Å²) < 4.78 is 12.9. The monoisotopic (exact) mass is 654 g/mol. The number of allylic oxidation sites excluding steroid dienone is 2. The average molecular weight is 655 g/mol. The summed E-state index contributed by atoms with van der Waals surface area (Å²) in [6, 6.07) is 37.7. The summed E-state index contributed by atoms with van der Waals surface area (Å²) in [5.74, 6) is 4.57. The lowest BCUT2D eigenvalue weighted by molar-refractivity contribution is 0.516. The van der Waals surface area contributed by atoms with Gasteiger partial charge in [0.15, 0.2) is 0 Å². The van der Waals surface area contributed by atoms with Crippen molar-refractivity contribution in [2.24, 2.45) is 0 Å². The summed E-state index contributed by atoms with van der Waals surface area (Å²) in [5.41, 5.74) is 18.4. The standard InChI is InChI=1S/C46H42O2Si/c1-27-17-19-35-39(45(27)33-13-9-7-10-14-33)23-37(43-21-29(3)31(5)47-43)41(35)25-49-26-42-36-20-18-28(2)46(34-15-11-8-12-16-34)40(36)24-38(42)44-22-30(4)32(6)48-44/h7-24,41-42H,25-26H2,1-6H3. The fourth-order valence-electron chi connectivity index (χ4n) is 7.96. The molecule has 6 aromatic rings. The Hall–Kier alpha value is -4.86. The van der Waals surface area contributed by atoms with E-state index in [9.17, 15) is 0 Å². The number of fused-ring (bicyclic) bond motifs is 2. The Kier molecular flexibility index (Phi) is 8.04. The van der Waals surface area contributed by atoms with Crippen LogP contribution in [0.15, 0.2) is 106 Å². The SMILES string of the molecule is Cc1cc(C2=Cc3c(ccc(C)c3-c3ccccc3)C2C[Si]CC2C(c3cc(C)c(C)o3)=Cc3c2ccc(C)c3-c2ccccc2)oc1C. The molecule has 2 radical (unpaired) electrons. The molecule has 2 aromatic heterocycles. The summed E-state index contributed by atoms with van der Waals surface area (Å²) in [7, 11) is 0.750. The molecular weight excluding hydrogens is 613 g/mol. The number of hydrogen-bond donors (Lipinski definition) is 0. The van der Waals surface area contributed by atoms with Gasteiger partial charge in [-0.15, -0.1) is 0 Å². The molecule has 49 heavy (non-hydrogen) atoms. The lowest BCUT2D eigenvalue weighted by Crippen LogP contribution is -2.08. The number of benzene rings is 4. The Labute approximate surface area is 293 Å². The van der Waals surface area contributed by atoms with Crippen LogP contribution >= 0.6 is 0 Å². The third-order valence-electron chi connectivity index (χ3n) is 10.8. The molecule has 0 amide bonds. The topological polar surface area (TPSA) is 26.3 Å². The van der Waals surface area contributed by atoms with Gasteiger partial charge >= 0.3 is 0 Å². The van der Waals surface area contributed by atoms with E-state index in [0.717, 1.165) is 44.6 Å². The van der Waals surface area contributed by atoms with E-state index in [0.29, 0.717) is 0 Å². The minimum absolute atomic E-state index is 0.278. The van der Waals surface area contributed by atoms with Gasteiger partial charge in [0.05, 0.1) is 0 Å². The minimum Gasteiger partial charge on any atom is -0.461 e. The third kappa shape index (κ3) is 5.51. The molecule has 2 aliphatic carbocycles. The molecule has 0 saturated heterocycles. The highest BCUT2D eigenvalue weighted by Gasteiger charge is 2.34. The van der Waals surface area contributed by atoms with Crippen molar-refractivity contribution < 1.29 is 8.83 Å². The Morgan fingerprint density at radius 2 is 0.898 bits per heavy atom. The van der Waals surface area contributed by atoms with Crippen LogP contribution in [0.25, 0.3) is 45.6 Å². The minimum atomic E-state index is 0.278. The smallest absolute Gasteiger partial charge is 0.131 e. The Balaban J connectivity index is 1.17. The molecule has 0 fully saturated rings. The zero-order chi connectivity index (χ0) is 33.8. The highest BCUT2D eigenvalue weighted by molar-refractivity contribution is 6.37. The molecule has 0 spiro atoms. The zero-order valence-corrected chi connectivity index (χ0v) is 30.3. The molecule has 242 valence electrons. The van der Waals surface area contributed by atoms with Gasteiger partial charge in [0.2, 0.25) is 0 Å². The van der Waals surface area contributed by atoms with Gasteiger partial charge in [-0.05, 0) is 145 Å². The number of furan rings is 2. The van der Waals surface area contributed by atoms with Gasteiger partial charge < -0.3 is 8.83 Å². The number of aryl methyl sites for hydroxylation is 6. The van der Waals surface area contributed by atoms with Crippen LogP contribution in [-0.4, -0.2) is 9.52 Å². The lowest BCUT2D eigenvalue weighted by atomic mass is 9.90. The van der Waals surface area contributed by atoms with Crippen LogP contribution in [0, 0.1) is 41.5 Å². The Morgan fingerprint density at radius 3 is 1.27 bits per heavy atom. The van der Waals surface area contributed by atoms with E-state index in [1.54, 1.807) is 0 Å². The van der Waals surface area contributed by atoms with Crippen molar-refractivity contribution in [1.29, 1.82) is 0 Å². The molecule has 2 nitrogen and oxygen atoms in total. The first-order chi connectivity index (χ1) is 23.8. The van der Waals surface area contributed by atoms with Crippen LogP contribution in [0.2, 0.25) is 12.1 Å². The quantitative estimate of drug-likeness (QED) is 0.153. The summed E-state index contributed by atoms with van der Waals surface area (Å²) >= 11 is 0. The van der Waals surface area contributed by atoms with E-state index in [1.165, 1.54) is 77.9 Å². The molecule has 3 heteroatoms. The molecule has 2 unspecified atom stereocenters. The van der Waals surface area contributed by atoms with Crippen LogP contribution in [0.3, 0.4) is 0 Å². The molecule has 2 heterocycles. The fourth-order valence-corrected chi connectivity index (χ4v) is 9.58. The van der Waals surface area contributed by atoms with Crippen LogP contribution in [0.1, 0.15) is 79.4 Å². The second-order valence-corrected chi connectivity index (χ2v) is 15.2. The van der Waals surface area contributed by atoms with Crippen molar-refractivity contribution in [3.05, 3.63) is 165 Å². The van der Waals surface area contributed by atoms with Crippen molar-refractivity contribution in [2.45, 2.75) is 65.5 Å². The maximum absolute atomic E-state index is 6.43. The van der Waals surface area contributed by atoms with Crippen molar-refractivity contribution in [2.75, 3.05) is 0 Å². The molecule has 0 aliphatic heterocycles. The maximum atomic E-state index is 6.43. The Bertz CT molecular complexity index is 2060. The van der Waals surface area contributed by atoms with Crippen molar-refractivity contribution >= 4 is 32.8 Å². The molecule has 2 atom stereocenters. The second-order valence-electron chi connectivity index (χ2n) is 13.9.